The predicted octanol–water partition coefficient (Wildman–Crippen LogP) is 13.8. The van der Waals surface area contributed by atoms with Gasteiger partial charge in [0.15, 0.2) is 5.82 Å². The van der Waals surface area contributed by atoms with Crippen molar-refractivity contribution in [2.75, 3.05) is 0 Å². The average molecular weight is 716 g/mol. The van der Waals surface area contributed by atoms with E-state index >= 15 is 0 Å². The lowest BCUT2D eigenvalue weighted by Gasteiger charge is -2.14. The van der Waals surface area contributed by atoms with E-state index in [1.165, 1.54) is 10.8 Å². The van der Waals surface area contributed by atoms with E-state index in [-0.39, 0.29) is 0 Å². The summed E-state index contributed by atoms with van der Waals surface area (Å²) in [5.74, 6) is 0.695. The maximum Gasteiger partial charge on any atom is 0.160 e. The average Bonchev–Trinajstić information content (AvgIpc) is 3.83. The standard InChI is InChI=1S/C52H33N3O/c1-3-15-34(16-4-1)45-33-46(35-17-5-2-6-18-35)54-52(53-45)38-20-13-19-36(31-38)37-29-30-49-44(32-37)40-22-8-11-27-48(40)55(49)47-26-10-7-21-39(47)42-24-14-25-43-41-23-9-12-28-50(41)56-51(42)43/h1-33H. The second-order valence-electron chi connectivity index (χ2n) is 14.2. The molecule has 11 aromatic rings. The molecule has 11 rings (SSSR count). The third kappa shape index (κ3) is 5.31. The second-order valence-corrected chi connectivity index (χ2v) is 14.2. The van der Waals surface area contributed by atoms with E-state index in [0.29, 0.717) is 5.82 Å². The zero-order chi connectivity index (χ0) is 37.0. The molecule has 0 N–H and O–H groups in total. The topological polar surface area (TPSA) is 43.9 Å². The van der Waals surface area contributed by atoms with Gasteiger partial charge in [0.1, 0.15) is 11.2 Å². The van der Waals surface area contributed by atoms with Crippen molar-refractivity contribution in [3.63, 3.8) is 0 Å². The van der Waals surface area contributed by atoms with E-state index in [9.17, 15) is 0 Å². The van der Waals surface area contributed by atoms with Gasteiger partial charge in [-0.25, -0.2) is 9.97 Å². The summed E-state index contributed by atoms with van der Waals surface area (Å²) in [6.07, 6.45) is 0. The first-order valence-electron chi connectivity index (χ1n) is 18.9. The normalized spacial score (nSPS) is 11.6. The van der Waals surface area contributed by atoms with Crippen molar-refractivity contribution >= 4 is 43.7 Å². The number of nitrogens with zero attached hydrogens (tertiary/aromatic N) is 3. The first-order chi connectivity index (χ1) is 27.8. The van der Waals surface area contributed by atoms with E-state index in [0.717, 1.165) is 89.0 Å². The number of aromatic nitrogens is 3. The Morgan fingerprint density at radius 3 is 1.73 bits per heavy atom. The first-order valence-corrected chi connectivity index (χ1v) is 18.9. The first kappa shape index (κ1) is 31.9. The molecule has 262 valence electrons. The lowest BCUT2D eigenvalue weighted by atomic mass is 9.99. The minimum Gasteiger partial charge on any atom is -0.455 e. The van der Waals surface area contributed by atoms with Crippen LogP contribution in [0.15, 0.2) is 205 Å². The van der Waals surface area contributed by atoms with Gasteiger partial charge in [-0.2, -0.15) is 0 Å². The summed E-state index contributed by atoms with van der Waals surface area (Å²) in [5, 5.41) is 4.63. The van der Waals surface area contributed by atoms with Crippen molar-refractivity contribution in [1.29, 1.82) is 0 Å². The number of hydrogen-bond donors (Lipinski definition) is 0. The van der Waals surface area contributed by atoms with E-state index < -0.39 is 0 Å². The van der Waals surface area contributed by atoms with Crippen LogP contribution in [-0.4, -0.2) is 14.5 Å². The fraction of sp³-hybridized carbons (Fsp3) is 0. The summed E-state index contributed by atoms with van der Waals surface area (Å²) in [4.78, 5) is 10.2. The highest BCUT2D eigenvalue weighted by Crippen LogP contribution is 2.41. The molecule has 0 aliphatic rings. The second kappa shape index (κ2) is 13.1. The third-order valence-corrected chi connectivity index (χ3v) is 10.8. The molecule has 0 aliphatic carbocycles. The monoisotopic (exact) mass is 715 g/mol. The molecule has 0 amide bonds. The van der Waals surface area contributed by atoms with Gasteiger partial charge in [0, 0.05) is 49.4 Å². The van der Waals surface area contributed by atoms with Gasteiger partial charge in [-0.3, -0.25) is 0 Å². The van der Waals surface area contributed by atoms with Gasteiger partial charge in [-0.05, 0) is 53.6 Å². The molecule has 0 spiro atoms. The number of furan rings is 1. The van der Waals surface area contributed by atoms with Crippen molar-refractivity contribution in [2.24, 2.45) is 0 Å². The zero-order valence-corrected chi connectivity index (χ0v) is 30.3. The summed E-state index contributed by atoms with van der Waals surface area (Å²) >= 11 is 0. The molecule has 0 radical (unpaired) electrons. The fourth-order valence-electron chi connectivity index (χ4n) is 8.20. The van der Waals surface area contributed by atoms with Crippen LogP contribution in [-0.2, 0) is 0 Å². The Morgan fingerprint density at radius 1 is 0.357 bits per heavy atom. The minimum atomic E-state index is 0.695. The van der Waals surface area contributed by atoms with Crippen molar-refractivity contribution in [3.8, 4) is 61.8 Å². The predicted molar refractivity (Wildman–Crippen MR) is 231 cm³/mol. The number of para-hydroxylation sites is 4. The van der Waals surface area contributed by atoms with E-state index in [1.54, 1.807) is 0 Å². The van der Waals surface area contributed by atoms with E-state index in [2.05, 4.69) is 156 Å². The van der Waals surface area contributed by atoms with Gasteiger partial charge in [0.25, 0.3) is 0 Å². The Labute approximate surface area is 323 Å². The Balaban J connectivity index is 1.05. The van der Waals surface area contributed by atoms with Crippen molar-refractivity contribution in [1.82, 2.24) is 14.5 Å². The molecule has 4 heteroatoms. The highest BCUT2D eigenvalue weighted by molar-refractivity contribution is 6.13. The highest BCUT2D eigenvalue weighted by atomic mass is 16.3. The SMILES string of the molecule is c1ccc(-c2cc(-c3ccccc3)nc(-c3cccc(-c4ccc5c(c4)c4ccccc4n5-c4ccccc4-c4cccc5c4oc4ccccc45)c3)n2)cc1. The third-order valence-electron chi connectivity index (χ3n) is 10.8. The molecule has 8 aromatic carbocycles. The summed E-state index contributed by atoms with van der Waals surface area (Å²) < 4.78 is 8.93. The molecular weight excluding hydrogens is 683 g/mol. The van der Waals surface area contributed by atoms with E-state index in [1.807, 2.05) is 48.5 Å². The van der Waals surface area contributed by atoms with Gasteiger partial charge in [0.2, 0.25) is 0 Å². The molecule has 0 unspecified atom stereocenters. The number of benzene rings is 8. The van der Waals surface area contributed by atoms with Crippen LogP contribution in [0.5, 0.6) is 0 Å². The molecule has 0 atom stereocenters. The zero-order valence-electron chi connectivity index (χ0n) is 30.3. The van der Waals surface area contributed by atoms with Gasteiger partial charge < -0.3 is 8.98 Å². The van der Waals surface area contributed by atoms with Crippen molar-refractivity contribution in [3.05, 3.63) is 200 Å². The molecule has 56 heavy (non-hydrogen) atoms. The van der Waals surface area contributed by atoms with Crippen LogP contribution >= 0.6 is 0 Å². The Kier molecular flexibility index (Phi) is 7.46. The molecule has 0 fully saturated rings. The smallest absolute Gasteiger partial charge is 0.160 e. The number of rotatable bonds is 6. The highest BCUT2D eigenvalue weighted by Gasteiger charge is 2.19. The molecule has 3 heterocycles. The lowest BCUT2D eigenvalue weighted by molar-refractivity contribution is 0.670. The van der Waals surface area contributed by atoms with Gasteiger partial charge in [0.05, 0.1) is 28.1 Å². The maximum absolute atomic E-state index is 6.53. The summed E-state index contributed by atoms with van der Waals surface area (Å²) in [6, 6.07) is 70.2. The largest absolute Gasteiger partial charge is 0.455 e. The molecule has 4 nitrogen and oxygen atoms in total. The fourth-order valence-corrected chi connectivity index (χ4v) is 8.20. The van der Waals surface area contributed by atoms with Crippen molar-refractivity contribution < 1.29 is 4.42 Å². The molecule has 0 aliphatic heterocycles. The van der Waals surface area contributed by atoms with Crippen LogP contribution < -0.4 is 0 Å². The molecule has 0 saturated heterocycles. The van der Waals surface area contributed by atoms with Crippen LogP contribution in [0.3, 0.4) is 0 Å². The van der Waals surface area contributed by atoms with Gasteiger partial charge in [-0.15, -0.1) is 0 Å². The van der Waals surface area contributed by atoms with Crippen LogP contribution in [0, 0.1) is 0 Å². The van der Waals surface area contributed by atoms with Crippen LogP contribution in [0.4, 0.5) is 0 Å². The van der Waals surface area contributed by atoms with Gasteiger partial charge >= 0.3 is 0 Å². The van der Waals surface area contributed by atoms with Crippen LogP contribution in [0.1, 0.15) is 0 Å². The quantitative estimate of drug-likeness (QED) is 0.172. The van der Waals surface area contributed by atoms with Gasteiger partial charge in [-0.1, -0.05) is 158 Å². The minimum absolute atomic E-state index is 0.695. The maximum atomic E-state index is 6.53. The Hall–Kier alpha value is -7.56. The molecule has 0 bridgehead atoms. The summed E-state index contributed by atoms with van der Waals surface area (Å²) in [6.45, 7) is 0. The van der Waals surface area contributed by atoms with Crippen molar-refractivity contribution in [2.45, 2.75) is 0 Å². The Morgan fingerprint density at radius 2 is 0.929 bits per heavy atom. The Bertz CT molecular complexity index is 3190. The van der Waals surface area contributed by atoms with Crippen LogP contribution in [0.25, 0.3) is 106 Å². The summed E-state index contributed by atoms with van der Waals surface area (Å²) in [7, 11) is 0. The lowest BCUT2D eigenvalue weighted by Crippen LogP contribution is -1.97. The van der Waals surface area contributed by atoms with E-state index in [4.69, 9.17) is 14.4 Å². The van der Waals surface area contributed by atoms with Crippen LogP contribution in [0.2, 0.25) is 0 Å². The molecule has 3 aromatic heterocycles. The molecule has 0 saturated carbocycles. The molecular formula is C52H33N3O. The number of fused-ring (bicyclic) bond motifs is 6. The number of hydrogen-bond acceptors (Lipinski definition) is 3. The summed E-state index contributed by atoms with van der Waals surface area (Å²) in [5.41, 5.74) is 14.5.